The summed E-state index contributed by atoms with van der Waals surface area (Å²) >= 11 is 0. The van der Waals surface area contributed by atoms with Gasteiger partial charge < -0.3 is 15.7 Å². The van der Waals surface area contributed by atoms with Crippen molar-refractivity contribution in [2.75, 3.05) is 7.05 Å². The lowest BCUT2D eigenvalue weighted by molar-refractivity contribution is -0.141. The number of hydrogen-bond donors (Lipinski definition) is 4. The number of imide groups is 1. The number of hydrogen-bond acceptors (Lipinski definition) is 4. The molecule has 0 saturated heterocycles. The van der Waals surface area contributed by atoms with Crippen LogP contribution in [0.3, 0.4) is 0 Å². The molecule has 0 aliphatic carbocycles. The highest BCUT2D eigenvalue weighted by Gasteiger charge is 2.17. The van der Waals surface area contributed by atoms with Crippen molar-refractivity contribution >= 4 is 17.9 Å². The van der Waals surface area contributed by atoms with Gasteiger partial charge >= 0.3 is 12.0 Å². The van der Waals surface area contributed by atoms with Gasteiger partial charge in [-0.05, 0) is 26.7 Å². The molecular formula is C13H25N3O4. The number of aliphatic carboxylic acids is 1. The van der Waals surface area contributed by atoms with Crippen LogP contribution in [0.15, 0.2) is 0 Å². The fourth-order valence-electron chi connectivity index (χ4n) is 1.72. The summed E-state index contributed by atoms with van der Waals surface area (Å²) in [7, 11) is 1.44. The third kappa shape index (κ3) is 7.73. The van der Waals surface area contributed by atoms with Gasteiger partial charge in [0.25, 0.3) is 0 Å². The summed E-state index contributed by atoms with van der Waals surface area (Å²) in [6.07, 6.45) is 2.15. The van der Waals surface area contributed by atoms with Gasteiger partial charge in [0, 0.05) is 13.1 Å². The molecule has 3 unspecified atom stereocenters. The molecule has 0 spiro atoms. The third-order valence-electron chi connectivity index (χ3n) is 3.09. The summed E-state index contributed by atoms with van der Waals surface area (Å²) in [6.45, 7) is 5.28. The maximum atomic E-state index is 11.6. The molecule has 0 aromatic carbocycles. The second kappa shape index (κ2) is 9.30. The van der Waals surface area contributed by atoms with E-state index < -0.39 is 23.9 Å². The minimum Gasteiger partial charge on any atom is -0.481 e. The second-order valence-corrected chi connectivity index (χ2v) is 5.03. The van der Waals surface area contributed by atoms with Crippen molar-refractivity contribution in [2.24, 2.45) is 5.92 Å². The first-order valence-electron chi connectivity index (χ1n) is 6.79. The van der Waals surface area contributed by atoms with Gasteiger partial charge in [0.05, 0.1) is 12.0 Å². The Hall–Kier alpha value is -1.63. The van der Waals surface area contributed by atoms with Crippen LogP contribution in [0.4, 0.5) is 4.79 Å². The van der Waals surface area contributed by atoms with Crippen LogP contribution >= 0.6 is 0 Å². The van der Waals surface area contributed by atoms with E-state index in [1.54, 1.807) is 13.8 Å². The van der Waals surface area contributed by atoms with Crippen molar-refractivity contribution in [3.05, 3.63) is 0 Å². The molecule has 0 rings (SSSR count). The average Bonchev–Trinajstić information content (AvgIpc) is 2.37. The van der Waals surface area contributed by atoms with Gasteiger partial charge in [0.1, 0.15) is 0 Å². The second-order valence-electron chi connectivity index (χ2n) is 5.03. The topological polar surface area (TPSA) is 108 Å². The highest BCUT2D eigenvalue weighted by atomic mass is 16.4. The van der Waals surface area contributed by atoms with E-state index >= 15 is 0 Å². The minimum atomic E-state index is -0.788. The van der Waals surface area contributed by atoms with Crippen molar-refractivity contribution in [3.8, 4) is 0 Å². The molecule has 3 atom stereocenters. The largest absolute Gasteiger partial charge is 0.481 e. The van der Waals surface area contributed by atoms with Crippen LogP contribution in [0.1, 0.15) is 40.0 Å². The fourth-order valence-corrected chi connectivity index (χ4v) is 1.72. The van der Waals surface area contributed by atoms with Gasteiger partial charge in [-0.15, -0.1) is 0 Å². The molecule has 0 aliphatic heterocycles. The molecule has 7 heteroatoms. The Morgan fingerprint density at radius 3 is 2.20 bits per heavy atom. The smallest absolute Gasteiger partial charge is 0.321 e. The highest BCUT2D eigenvalue weighted by Crippen LogP contribution is 2.09. The third-order valence-corrected chi connectivity index (χ3v) is 3.09. The van der Waals surface area contributed by atoms with Crippen molar-refractivity contribution < 1.29 is 19.5 Å². The zero-order valence-electron chi connectivity index (χ0n) is 12.5. The number of amides is 3. The molecule has 116 valence electrons. The van der Waals surface area contributed by atoms with E-state index in [9.17, 15) is 14.4 Å². The van der Waals surface area contributed by atoms with Gasteiger partial charge in [-0.2, -0.15) is 0 Å². The van der Waals surface area contributed by atoms with E-state index in [1.165, 1.54) is 7.05 Å². The molecule has 0 saturated carbocycles. The van der Waals surface area contributed by atoms with E-state index in [2.05, 4.69) is 16.0 Å². The molecule has 0 fully saturated rings. The van der Waals surface area contributed by atoms with E-state index in [0.717, 1.165) is 12.8 Å². The van der Waals surface area contributed by atoms with Crippen molar-refractivity contribution in [1.29, 1.82) is 0 Å². The zero-order chi connectivity index (χ0) is 15.7. The number of urea groups is 1. The number of nitrogens with one attached hydrogen (secondary N) is 3. The Morgan fingerprint density at radius 1 is 1.10 bits per heavy atom. The van der Waals surface area contributed by atoms with E-state index in [-0.39, 0.29) is 12.0 Å². The van der Waals surface area contributed by atoms with Crippen LogP contribution < -0.4 is 16.0 Å². The van der Waals surface area contributed by atoms with Gasteiger partial charge in [-0.1, -0.05) is 13.3 Å². The molecule has 0 aromatic rings. The summed E-state index contributed by atoms with van der Waals surface area (Å²) in [6, 6.07) is -0.952. The van der Waals surface area contributed by atoms with Crippen LogP contribution in [0.5, 0.6) is 0 Å². The lowest BCUT2D eigenvalue weighted by atomic mass is 10.0. The highest BCUT2D eigenvalue weighted by molar-refractivity contribution is 5.96. The van der Waals surface area contributed by atoms with Crippen molar-refractivity contribution in [1.82, 2.24) is 16.0 Å². The molecule has 20 heavy (non-hydrogen) atoms. The predicted octanol–water partition coefficient (Wildman–Crippen LogP) is 0.700. The number of carboxylic acids is 1. The molecule has 0 radical (unpaired) electrons. The molecule has 0 bridgehead atoms. The monoisotopic (exact) mass is 287 g/mol. The van der Waals surface area contributed by atoms with Crippen LogP contribution in [0.25, 0.3) is 0 Å². The molecule has 0 aliphatic rings. The Kier molecular flexibility index (Phi) is 8.54. The first-order valence-corrected chi connectivity index (χ1v) is 6.79. The number of carboxylic acid groups (broad SMARTS) is 1. The molecule has 0 heterocycles. The maximum Gasteiger partial charge on any atom is 0.321 e. The maximum absolute atomic E-state index is 11.6. The normalized spacial score (nSPS) is 15.0. The summed E-state index contributed by atoms with van der Waals surface area (Å²) < 4.78 is 0. The molecule has 0 aromatic heterocycles. The summed E-state index contributed by atoms with van der Waals surface area (Å²) in [4.78, 5) is 33.3. The van der Waals surface area contributed by atoms with Crippen LogP contribution in [-0.2, 0) is 9.59 Å². The Labute approximate surface area is 119 Å². The van der Waals surface area contributed by atoms with E-state index in [0.29, 0.717) is 6.42 Å². The molecule has 7 nitrogen and oxygen atoms in total. The van der Waals surface area contributed by atoms with Gasteiger partial charge in [-0.25, -0.2) is 4.79 Å². The van der Waals surface area contributed by atoms with Crippen molar-refractivity contribution in [2.45, 2.75) is 52.1 Å². The Balaban J connectivity index is 3.95. The predicted molar refractivity (Wildman–Crippen MR) is 75.3 cm³/mol. The number of rotatable bonds is 8. The lowest BCUT2D eigenvalue weighted by Gasteiger charge is -2.19. The number of carbonyl (C=O) groups excluding carboxylic acids is 2. The standard InChI is InChI=1S/C13H25N3O4/c1-8(12(18)19)6-5-7-9(2)15-10(3)11(17)16-13(20)14-4/h8-10,15H,5-7H2,1-4H3,(H,18,19)(H2,14,16,17,20). The van der Waals surface area contributed by atoms with E-state index in [1.807, 2.05) is 6.92 Å². The van der Waals surface area contributed by atoms with Crippen molar-refractivity contribution in [3.63, 3.8) is 0 Å². The van der Waals surface area contributed by atoms with Gasteiger partial charge in [0.15, 0.2) is 0 Å². The number of carbonyl (C=O) groups is 3. The summed E-state index contributed by atoms with van der Waals surface area (Å²) in [5, 5.41) is 16.3. The molecular weight excluding hydrogens is 262 g/mol. The zero-order valence-corrected chi connectivity index (χ0v) is 12.5. The molecule has 4 N–H and O–H groups in total. The van der Waals surface area contributed by atoms with Gasteiger partial charge in [0.2, 0.25) is 5.91 Å². The first kappa shape index (κ1) is 18.4. The van der Waals surface area contributed by atoms with E-state index in [4.69, 9.17) is 5.11 Å². The van der Waals surface area contributed by atoms with Crippen LogP contribution in [0, 0.1) is 5.92 Å². The fraction of sp³-hybridized carbons (Fsp3) is 0.769. The summed E-state index contributed by atoms with van der Waals surface area (Å²) in [5.74, 6) is -1.53. The Morgan fingerprint density at radius 2 is 1.70 bits per heavy atom. The first-order chi connectivity index (χ1) is 9.27. The SMILES string of the molecule is CNC(=O)NC(=O)C(C)NC(C)CCCC(C)C(=O)O. The Bertz CT molecular complexity index is 347. The van der Waals surface area contributed by atoms with Gasteiger partial charge in [-0.3, -0.25) is 14.9 Å². The average molecular weight is 287 g/mol. The van der Waals surface area contributed by atoms with Crippen LogP contribution in [-0.4, -0.2) is 42.1 Å². The minimum absolute atomic E-state index is 0.0708. The van der Waals surface area contributed by atoms with Crippen LogP contribution in [0.2, 0.25) is 0 Å². The lowest BCUT2D eigenvalue weighted by Crippen LogP contribution is -2.49. The summed E-state index contributed by atoms with van der Waals surface area (Å²) in [5.41, 5.74) is 0. The molecule has 3 amide bonds. The quantitative estimate of drug-likeness (QED) is 0.525.